The summed E-state index contributed by atoms with van der Waals surface area (Å²) in [6.07, 6.45) is 0.338. The maximum atomic E-state index is 12.5. The number of carbonyl (C=O) groups excluding carboxylic acids is 2. The predicted octanol–water partition coefficient (Wildman–Crippen LogP) is 1.30. The molecule has 0 saturated carbocycles. The monoisotopic (exact) mass is 365 g/mol. The molecule has 0 bridgehead atoms. The molecule has 142 valence electrons. The number of carboxylic acids is 1. The molecule has 1 atom stereocenters. The summed E-state index contributed by atoms with van der Waals surface area (Å²) in [6.45, 7) is 4.50. The molecule has 0 aliphatic carbocycles. The summed E-state index contributed by atoms with van der Waals surface area (Å²) in [5.41, 5.74) is 2.50. The Labute approximate surface area is 153 Å². The number of nitrogens with zero attached hydrogens (tertiary/aromatic N) is 1. The van der Waals surface area contributed by atoms with Crippen molar-refractivity contribution in [2.24, 2.45) is 16.3 Å². The largest absolute Gasteiger partial charge is 0.479 e. The number of amides is 1. The standard InChI is InChI=1S/C18H24N2O6/c1-4-25-17(24)18(3,12(2)20-26-11-16(22)23)10-14-7-5-13(6-8-14)9-15(19)21/h5-8H,4,9-11H2,1-3H3,(H2,19,21)(H,22,23)/b20-12+/i/hD. The zero-order valence-corrected chi connectivity index (χ0v) is 15.1. The van der Waals surface area contributed by atoms with Gasteiger partial charge in [0, 0.05) is 0 Å². The van der Waals surface area contributed by atoms with Crippen LogP contribution in [0.25, 0.3) is 0 Å². The molecule has 0 spiro atoms. The molecule has 1 amide bonds. The van der Waals surface area contributed by atoms with Crippen molar-refractivity contribution in [3.63, 3.8) is 0 Å². The van der Waals surface area contributed by atoms with E-state index in [9.17, 15) is 14.4 Å². The van der Waals surface area contributed by atoms with E-state index in [0.29, 0.717) is 5.71 Å². The number of aliphatic carboxylic acids is 1. The van der Waals surface area contributed by atoms with Gasteiger partial charge in [-0.1, -0.05) is 29.4 Å². The van der Waals surface area contributed by atoms with E-state index in [1.165, 1.54) is 0 Å². The molecule has 0 aromatic heterocycles. The Hall–Kier alpha value is -2.90. The lowest BCUT2D eigenvalue weighted by Gasteiger charge is -2.27. The van der Waals surface area contributed by atoms with Crippen LogP contribution in [-0.2, 0) is 36.8 Å². The fourth-order valence-corrected chi connectivity index (χ4v) is 2.29. The number of rotatable bonds is 10. The number of carboxylic acid groups (broad SMARTS) is 1. The lowest BCUT2D eigenvalue weighted by molar-refractivity contribution is -0.150. The Kier molecular flexibility index (Phi) is 7.13. The van der Waals surface area contributed by atoms with Gasteiger partial charge in [0.2, 0.25) is 12.5 Å². The Morgan fingerprint density at radius 3 is 2.42 bits per heavy atom. The smallest absolute Gasteiger partial charge is 0.344 e. The summed E-state index contributed by atoms with van der Waals surface area (Å²) >= 11 is 0. The third-order valence-corrected chi connectivity index (χ3v) is 3.86. The molecular formula is C18H24N2O6. The van der Waals surface area contributed by atoms with Gasteiger partial charge in [-0.25, -0.2) is 4.79 Å². The molecule has 0 fully saturated rings. The van der Waals surface area contributed by atoms with Crippen LogP contribution in [0.3, 0.4) is 0 Å². The Bertz CT molecular complexity index is 704. The highest BCUT2D eigenvalue weighted by atomic mass is 16.6. The van der Waals surface area contributed by atoms with Crippen molar-refractivity contribution in [3.05, 3.63) is 35.4 Å². The molecule has 0 radical (unpaired) electrons. The molecule has 1 aromatic carbocycles. The topological polar surface area (TPSA) is 128 Å². The van der Waals surface area contributed by atoms with Crippen LogP contribution in [0.2, 0.25) is 1.41 Å². The molecule has 1 unspecified atom stereocenters. The van der Waals surface area contributed by atoms with Crippen LogP contribution in [0.5, 0.6) is 0 Å². The van der Waals surface area contributed by atoms with Gasteiger partial charge < -0.3 is 20.4 Å². The average molecular weight is 365 g/mol. The third-order valence-electron chi connectivity index (χ3n) is 3.86. The van der Waals surface area contributed by atoms with Crippen LogP contribution >= 0.6 is 0 Å². The minimum Gasteiger partial charge on any atom is -0.479 e. The first-order valence-corrected chi connectivity index (χ1v) is 8.07. The molecule has 0 aliphatic rings. The van der Waals surface area contributed by atoms with Crippen molar-refractivity contribution in [2.75, 3.05) is 13.2 Å². The fourth-order valence-electron chi connectivity index (χ4n) is 2.29. The summed E-state index contributed by atoms with van der Waals surface area (Å²) in [5, 5.41) is 12.4. The van der Waals surface area contributed by atoms with Crippen molar-refractivity contribution < 1.29 is 30.5 Å². The van der Waals surface area contributed by atoms with E-state index in [0.717, 1.165) is 11.1 Å². The van der Waals surface area contributed by atoms with Crippen LogP contribution < -0.4 is 5.73 Å². The van der Waals surface area contributed by atoms with E-state index in [1.807, 2.05) is 5.73 Å². The number of hydrogen-bond donors (Lipinski definition) is 2. The molecule has 1 aromatic rings. The molecule has 0 saturated heterocycles. The first-order chi connectivity index (χ1) is 12.7. The molecule has 0 heterocycles. The first-order valence-electron chi connectivity index (χ1n) is 8.57. The molecule has 0 aliphatic heterocycles. The van der Waals surface area contributed by atoms with Crippen LogP contribution in [-0.4, -0.2) is 41.9 Å². The van der Waals surface area contributed by atoms with Crippen molar-refractivity contribution in [1.29, 1.82) is 0 Å². The predicted molar refractivity (Wildman–Crippen MR) is 94.5 cm³/mol. The molecule has 8 nitrogen and oxygen atoms in total. The molecule has 8 heteroatoms. The fraction of sp³-hybridized carbons (Fsp3) is 0.444. The van der Waals surface area contributed by atoms with Gasteiger partial charge in [-0.05, 0) is 38.3 Å². The van der Waals surface area contributed by atoms with Crippen molar-refractivity contribution in [2.45, 2.75) is 33.6 Å². The number of primary amides is 1. The van der Waals surface area contributed by atoms with Crippen LogP contribution in [0.1, 0.15) is 31.9 Å². The SMILES string of the molecule is [2H]NC(=O)Cc1ccc(CC(C)(C(=O)OCC)/C(C)=N/OCC(=O)O)cc1. The highest BCUT2D eigenvalue weighted by Gasteiger charge is 2.39. The molecular weight excluding hydrogens is 340 g/mol. The maximum absolute atomic E-state index is 12.5. The summed E-state index contributed by atoms with van der Waals surface area (Å²) in [6, 6.07) is 7.03. The number of oxime groups is 1. The van der Waals surface area contributed by atoms with Crippen LogP contribution in [0.15, 0.2) is 29.4 Å². The normalized spacial score (nSPS) is 14.0. The molecule has 26 heavy (non-hydrogen) atoms. The van der Waals surface area contributed by atoms with Gasteiger partial charge in [0.15, 0.2) is 1.41 Å². The lowest BCUT2D eigenvalue weighted by Crippen LogP contribution is -2.39. The Balaban J connectivity index is 3.01. The number of ether oxygens (including phenoxy) is 1. The highest BCUT2D eigenvalue weighted by Crippen LogP contribution is 2.27. The zero-order valence-electron chi connectivity index (χ0n) is 16.1. The van der Waals surface area contributed by atoms with Gasteiger partial charge in [0.1, 0.15) is 5.41 Å². The lowest BCUT2D eigenvalue weighted by atomic mass is 9.79. The van der Waals surface area contributed by atoms with E-state index >= 15 is 0 Å². The van der Waals surface area contributed by atoms with Crippen LogP contribution in [0.4, 0.5) is 0 Å². The Morgan fingerprint density at radius 2 is 1.88 bits per heavy atom. The number of nitrogens with two attached hydrogens (primary N) is 1. The number of hydrogen-bond acceptors (Lipinski definition) is 6. The highest BCUT2D eigenvalue weighted by molar-refractivity contribution is 6.05. The summed E-state index contributed by atoms with van der Waals surface area (Å²) in [5.74, 6) is -2.09. The minimum absolute atomic E-state index is 0.0858. The molecule has 3 N–H and O–H groups in total. The molecule has 1 rings (SSSR count). The maximum Gasteiger partial charge on any atom is 0.344 e. The van der Waals surface area contributed by atoms with Gasteiger partial charge in [-0.2, -0.15) is 0 Å². The minimum atomic E-state index is -1.17. The van der Waals surface area contributed by atoms with E-state index in [4.69, 9.17) is 16.1 Å². The summed E-state index contributed by atoms with van der Waals surface area (Å²) in [7, 11) is 0. The van der Waals surface area contributed by atoms with E-state index < -0.39 is 29.9 Å². The van der Waals surface area contributed by atoms with E-state index in [1.54, 1.807) is 45.0 Å². The van der Waals surface area contributed by atoms with E-state index in [-0.39, 0.29) is 19.4 Å². The average Bonchev–Trinajstić information content (AvgIpc) is 2.62. The first kappa shape index (κ1) is 19.4. The second-order valence-electron chi connectivity index (χ2n) is 5.99. The number of carbonyl (C=O) groups is 3. The van der Waals surface area contributed by atoms with Gasteiger partial charge in [-0.15, -0.1) is 0 Å². The zero-order chi connectivity index (χ0) is 20.4. The third kappa shape index (κ3) is 6.19. The summed E-state index contributed by atoms with van der Waals surface area (Å²) < 4.78 is 12.0. The van der Waals surface area contributed by atoms with Gasteiger partial charge in [0.25, 0.3) is 0 Å². The van der Waals surface area contributed by atoms with Gasteiger partial charge >= 0.3 is 11.9 Å². The second-order valence-corrected chi connectivity index (χ2v) is 5.99. The Morgan fingerprint density at radius 1 is 1.27 bits per heavy atom. The van der Waals surface area contributed by atoms with Gasteiger partial charge in [0.05, 0.1) is 18.7 Å². The number of esters is 1. The van der Waals surface area contributed by atoms with Crippen molar-refractivity contribution in [3.8, 4) is 0 Å². The quantitative estimate of drug-likeness (QED) is 0.365. The number of benzene rings is 1. The van der Waals surface area contributed by atoms with Crippen molar-refractivity contribution >= 4 is 23.6 Å². The van der Waals surface area contributed by atoms with Gasteiger partial charge in [-0.3, -0.25) is 9.59 Å². The van der Waals surface area contributed by atoms with E-state index in [2.05, 4.69) is 5.16 Å². The summed E-state index contributed by atoms with van der Waals surface area (Å²) in [4.78, 5) is 39.1. The van der Waals surface area contributed by atoms with Crippen LogP contribution in [0, 0.1) is 5.41 Å². The second kappa shape index (κ2) is 9.55. The van der Waals surface area contributed by atoms with Crippen molar-refractivity contribution in [1.82, 2.24) is 0 Å².